The maximum atomic E-state index is 11.7. The number of quaternary nitrogens is 1. The van der Waals surface area contributed by atoms with E-state index in [1.807, 2.05) is 0 Å². The molecular formula is C14H28N3O2+. The van der Waals surface area contributed by atoms with Crippen molar-refractivity contribution in [1.29, 1.82) is 0 Å². The first-order valence-corrected chi connectivity index (χ1v) is 7.36. The van der Waals surface area contributed by atoms with E-state index < -0.39 is 11.8 Å². The van der Waals surface area contributed by atoms with E-state index in [-0.39, 0.29) is 6.04 Å². The quantitative estimate of drug-likeness (QED) is 0.580. The van der Waals surface area contributed by atoms with Crippen LogP contribution in [-0.4, -0.2) is 45.0 Å². The van der Waals surface area contributed by atoms with Crippen molar-refractivity contribution in [3.63, 3.8) is 0 Å². The van der Waals surface area contributed by atoms with E-state index in [4.69, 9.17) is 0 Å². The first-order valence-electron chi connectivity index (χ1n) is 7.36. The Bertz CT molecular complexity index is 299. The number of carbonyl (C=O) groups excluding carboxylic acids is 2. The molecule has 0 bridgehead atoms. The zero-order chi connectivity index (χ0) is 14.3. The van der Waals surface area contributed by atoms with Gasteiger partial charge < -0.3 is 15.5 Å². The summed E-state index contributed by atoms with van der Waals surface area (Å²) >= 11 is 0. The maximum Gasteiger partial charge on any atom is 0.309 e. The summed E-state index contributed by atoms with van der Waals surface area (Å²) in [4.78, 5) is 24.7. The van der Waals surface area contributed by atoms with Gasteiger partial charge in [-0.3, -0.25) is 9.59 Å². The highest BCUT2D eigenvalue weighted by atomic mass is 16.2. The Morgan fingerprint density at radius 3 is 2.37 bits per heavy atom. The van der Waals surface area contributed by atoms with E-state index in [0.29, 0.717) is 12.5 Å². The molecule has 2 amide bonds. The van der Waals surface area contributed by atoms with Crippen molar-refractivity contribution in [2.45, 2.75) is 45.1 Å². The average Bonchev–Trinajstić information content (AvgIpc) is 2.36. The number of hydrogen-bond acceptors (Lipinski definition) is 2. The molecule has 1 rings (SSSR count). The van der Waals surface area contributed by atoms with Crippen LogP contribution in [0.15, 0.2) is 0 Å². The SMILES string of the molecule is C[C@H](CNC(=O)C(=O)NC1CCCCC1)C[NH+](C)C. The second-order valence-electron chi connectivity index (χ2n) is 6.03. The monoisotopic (exact) mass is 270 g/mol. The van der Waals surface area contributed by atoms with Crippen LogP contribution in [0.25, 0.3) is 0 Å². The molecule has 0 spiro atoms. The van der Waals surface area contributed by atoms with Crippen LogP contribution in [0.1, 0.15) is 39.0 Å². The molecule has 0 unspecified atom stereocenters. The molecule has 5 heteroatoms. The van der Waals surface area contributed by atoms with Crippen molar-refractivity contribution in [1.82, 2.24) is 10.6 Å². The Labute approximate surface area is 116 Å². The number of amides is 2. The summed E-state index contributed by atoms with van der Waals surface area (Å²) in [5.74, 6) is -0.598. The molecule has 1 fully saturated rings. The Morgan fingerprint density at radius 2 is 1.79 bits per heavy atom. The molecule has 1 aliphatic carbocycles. The predicted molar refractivity (Wildman–Crippen MR) is 74.9 cm³/mol. The van der Waals surface area contributed by atoms with Crippen LogP contribution in [-0.2, 0) is 9.59 Å². The molecule has 0 aromatic carbocycles. The van der Waals surface area contributed by atoms with Crippen molar-refractivity contribution in [2.75, 3.05) is 27.2 Å². The summed E-state index contributed by atoms with van der Waals surface area (Å²) in [5.41, 5.74) is 0. The van der Waals surface area contributed by atoms with Gasteiger partial charge in [0.05, 0.1) is 20.6 Å². The summed E-state index contributed by atoms with van der Waals surface area (Å²) in [7, 11) is 4.15. The molecule has 1 saturated carbocycles. The van der Waals surface area contributed by atoms with Gasteiger partial charge in [-0.2, -0.15) is 0 Å². The van der Waals surface area contributed by atoms with Gasteiger partial charge in [0.15, 0.2) is 0 Å². The minimum Gasteiger partial charge on any atom is -0.347 e. The third-order valence-electron chi connectivity index (χ3n) is 3.51. The second-order valence-corrected chi connectivity index (χ2v) is 6.03. The number of hydrogen-bond donors (Lipinski definition) is 3. The molecule has 0 saturated heterocycles. The molecule has 0 aromatic rings. The Morgan fingerprint density at radius 1 is 1.16 bits per heavy atom. The van der Waals surface area contributed by atoms with Crippen molar-refractivity contribution in [3.8, 4) is 0 Å². The van der Waals surface area contributed by atoms with Gasteiger partial charge in [0.2, 0.25) is 0 Å². The molecule has 3 N–H and O–H groups in total. The minimum absolute atomic E-state index is 0.190. The van der Waals surface area contributed by atoms with Gasteiger partial charge in [0, 0.05) is 18.5 Å². The van der Waals surface area contributed by atoms with Crippen molar-refractivity contribution in [3.05, 3.63) is 0 Å². The molecule has 1 atom stereocenters. The summed E-state index contributed by atoms with van der Waals surface area (Å²) in [6.07, 6.45) is 5.53. The van der Waals surface area contributed by atoms with Crippen LogP contribution in [0.4, 0.5) is 0 Å². The molecule has 5 nitrogen and oxygen atoms in total. The summed E-state index contributed by atoms with van der Waals surface area (Å²) in [5, 5.41) is 5.54. The molecule has 0 heterocycles. The first-order chi connectivity index (χ1) is 8.99. The predicted octanol–water partition coefficient (Wildman–Crippen LogP) is -0.668. The number of rotatable bonds is 5. The van der Waals surface area contributed by atoms with E-state index in [2.05, 4.69) is 31.7 Å². The Kier molecular flexibility index (Phi) is 6.84. The van der Waals surface area contributed by atoms with Gasteiger partial charge >= 0.3 is 11.8 Å². The minimum atomic E-state index is -0.494. The van der Waals surface area contributed by atoms with Gasteiger partial charge in [-0.05, 0) is 12.8 Å². The Hall–Kier alpha value is -1.10. The molecule has 0 aromatic heterocycles. The second kappa shape index (κ2) is 8.15. The topological polar surface area (TPSA) is 62.6 Å². The van der Waals surface area contributed by atoms with Crippen LogP contribution in [0.5, 0.6) is 0 Å². The zero-order valence-corrected chi connectivity index (χ0v) is 12.4. The molecule has 0 aliphatic heterocycles. The fraction of sp³-hybridized carbons (Fsp3) is 0.857. The highest BCUT2D eigenvalue weighted by molar-refractivity contribution is 6.35. The summed E-state index contributed by atoms with van der Waals surface area (Å²) in [6.45, 7) is 3.61. The molecule has 0 radical (unpaired) electrons. The van der Waals surface area contributed by atoms with Crippen LogP contribution >= 0.6 is 0 Å². The van der Waals surface area contributed by atoms with Crippen molar-refractivity contribution < 1.29 is 14.5 Å². The molecule has 110 valence electrons. The van der Waals surface area contributed by atoms with E-state index >= 15 is 0 Å². The Balaban J connectivity index is 2.22. The first kappa shape index (κ1) is 16.0. The third-order valence-corrected chi connectivity index (χ3v) is 3.51. The smallest absolute Gasteiger partial charge is 0.309 e. The lowest BCUT2D eigenvalue weighted by Gasteiger charge is -2.22. The van der Waals surface area contributed by atoms with E-state index in [9.17, 15) is 9.59 Å². The van der Waals surface area contributed by atoms with Crippen molar-refractivity contribution >= 4 is 11.8 Å². The van der Waals surface area contributed by atoms with Crippen LogP contribution in [0.3, 0.4) is 0 Å². The molecular weight excluding hydrogens is 242 g/mol. The van der Waals surface area contributed by atoms with E-state index in [1.54, 1.807) is 0 Å². The normalized spacial score (nSPS) is 18.1. The van der Waals surface area contributed by atoms with E-state index in [1.165, 1.54) is 11.3 Å². The fourth-order valence-electron chi connectivity index (χ4n) is 2.61. The van der Waals surface area contributed by atoms with Gasteiger partial charge in [0.25, 0.3) is 0 Å². The van der Waals surface area contributed by atoms with Crippen LogP contribution in [0, 0.1) is 5.92 Å². The average molecular weight is 270 g/mol. The lowest BCUT2D eigenvalue weighted by molar-refractivity contribution is -0.861. The highest BCUT2D eigenvalue weighted by Crippen LogP contribution is 2.17. The summed E-state index contributed by atoms with van der Waals surface area (Å²) < 4.78 is 0. The lowest BCUT2D eigenvalue weighted by atomic mass is 9.95. The van der Waals surface area contributed by atoms with Crippen LogP contribution in [0.2, 0.25) is 0 Å². The standard InChI is InChI=1S/C14H27N3O2/c1-11(10-17(2)3)9-15-13(18)14(19)16-12-7-5-4-6-8-12/h11-12H,4-10H2,1-3H3,(H,15,18)(H,16,19)/p+1/t11-/m1/s1. The lowest BCUT2D eigenvalue weighted by Crippen LogP contribution is -3.06. The van der Waals surface area contributed by atoms with E-state index in [0.717, 1.165) is 32.2 Å². The van der Waals surface area contributed by atoms with Gasteiger partial charge in [-0.25, -0.2) is 0 Å². The van der Waals surface area contributed by atoms with Gasteiger partial charge in [-0.1, -0.05) is 26.2 Å². The van der Waals surface area contributed by atoms with Gasteiger partial charge in [0.1, 0.15) is 0 Å². The molecule has 19 heavy (non-hydrogen) atoms. The molecule has 1 aliphatic rings. The number of nitrogens with one attached hydrogen (secondary N) is 3. The van der Waals surface area contributed by atoms with Crippen LogP contribution < -0.4 is 15.5 Å². The maximum absolute atomic E-state index is 11.7. The van der Waals surface area contributed by atoms with Crippen molar-refractivity contribution in [2.24, 2.45) is 5.92 Å². The fourth-order valence-corrected chi connectivity index (χ4v) is 2.61. The van der Waals surface area contributed by atoms with Gasteiger partial charge in [-0.15, -0.1) is 0 Å². The largest absolute Gasteiger partial charge is 0.347 e. The zero-order valence-electron chi connectivity index (χ0n) is 12.4. The summed E-state index contributed by atoms with van der Waals surface area (Å²) in [6, 6.07) is 0.190. The number of carbonyl (C=O) groups is 2. The highest BCUT2D eigenvalue weighted by Gasteiger charge is 2.20. The third kappa shape index (κ3) is 6.57.